The second-order valence-electron chi connectivity index (χ2n) is 4.17. The lowest BCUT2D eigenvalue weighted by Crippen LogP contribution is -2.38. The molecule has 1 aliphatic heterocycles. The lowest BCUT2D eigenvalue weighted by atomic mass is 9.95. The van der Waals surface area contributed by atoms with Crippen molar-refractivity contribution in [1.82, 2.24) is 5.32 Å². The van der Waals surface area contributed by atoms with Crippen LogP contribution in [-0.4, -0.2) is 17.7 Å². The minimum absolute atomic E-state index is 0.142. The van der Waals surface area contributed by atoms with E-state index in [4.69, 9.17) is 11.6 Å². The predicted molar refractivity (Wildman–Crippen MR) is 69.8 cm³/mol. The molecule has 2 unspecified atom stereocenters. The molecule has 2 nitrogen and oxygen atoms in total. The number of piperidine rings is 1. The summed E-state index contributed by atoms with van der Waals surface area (Å²) < 4.78 is 0.914. The van der Waals surface area contributed by atoms with E-state index >= 15 is 0 Å². The molecule has 0 spiro atoms. The van der Waals surface area contributed by atoms with Crippen LogP contribution in [-0.2, 0) is 0 Å². The van der Waals surface area contributed by atoms with Gasteiger partial charge in [-0.25, -0.2) is 0 Å². The fourth-order valence-electron chi connectivity index (χ4n) is 2.11. The van der Waals surface area contributed by atoms with Gasteiger partial charge in [0.2, 0.25) is 0 Å². The molecule has 0 saturated carbocycles. The molecule has 4 heteroatoms. The molecule has 0 radical (unpaired) electrons. The number of rotatable bonds is 2. The highest BCUT2D eigenvalue weighted by Crippen LogP contribution is 2.30. The zero-order valence-corrected chi connectivity index (χ0v) is 11.3. The number of aliphatic hydroxyl groups is 1. The number of halogens is 2. The Balaban J connectivity index is 2.18. The van der Waals surface area contributed by atoms with Gasteiger partial charge in [-0.15, -0.1) is 0 Å². The fraction of sp³-hybridized carbons (Fsp3) is 0.500. The van der Waals surface area contributed by atoms with E-state index in [9.17, 15) is 5.11 Å². The summed E-state index contributed by atoms with van der Waals surface area (Å²) in [5, 5.41) is 14.3. The molecular formula is C12H15BrClNO. The maximum absolute atomic E-state index is 10.3. The molecule has 0 bridgehead atoms. The van der Waals surface area contributed by atoms with Gasteiger partial charge in [0.25, 0.3) is 0 Å². The summed E-state index contributed by atoms with van der Waals surface area (Å²) in [7, 11) is 0. The molecule has 1 saturated heterocycles. The molecule has 0 aliphatic carbocycles. The van der Waals surface area contributed by atoms with Crippen molar-refractivity contribution in [3.8, 4) is 0 Å². The van der Waals surface area contributed by atoms with Crippen molar-refractivity contribution in [2.75, 3.05) is 6.54 Å². The minimum Gasteiger partial charge on any atom is -0.387 e. The second kappa shape index (κ2) is 5.50. The van der Waals surface area contributed by atoms with Gasteiger partial charge in [-0.1, -0.05) is 34.0 Å². The molecule has 2 atom stereocenters. The first-order valence-corrected chi connectivity index (χ1v) is 6.72. The Bertz CT molecular complexity index is 366. The quantitative estimate of drug-likeness (QED) is 0.879. The summed E-state index contributed by atoms with van der Waals surface area (Å²) in [5.74, 6) is 0. The minimum atomic E-state index is -0.492. The third-order valence-electron chi connectivity index (χ3n) is 3.01. The first-order chi connectivity index (χ1) is 7.68. The van der Waals surface area contributed by atoms with E-state index in [0.29, 0.717) is 5.02 Å². The lowest BCUT2D eigenvalue weighted by Gasteiger charge is -2.28. The van der Waals surface area contributed by atoms with Crippen molar-refractivity contribution in [3.05, 3.63) is 33.3 Å². The van der Waals surface area contributed by atoms with E-state index < -0.39 is 6.10 Å². The van der Waals surface area contributed by atoms with Gasteiger partial charge in [-0.05, 0) is 43.1 Å². The van der Waals surface area contributed by atoms with E-state index in [1.54, 1.807) is 0 Å². The zero-order valence-electron chi connectivity index (χ0n) is 8.92. The highest BCUT2D eigenvalue weighted by molar-refractivity contribution is 9.10. The molecular weight excluding hydrogens is 289 g/mol. The summed E-state index contributed by atoms with van der Waals surface area (Å²) in [5.41, 5.74) is 0.868. The largest absolute Gasteiger partial charge is 0.387 e. The van der Waals surface area contributed by atoms with Crippen LogP contribution in [0, 0.1) is 0 Å². The third kappa shape index (κ3) is 2.77. The molecule has 0 amide bonds. The lowest BCUT2D eigenvalue weighted by molar-refractivity contribution is 0.113. The summed E-state index contributed by atoms with van der Waals surface area (Å²) in [4.78, 5) is 0. The van der Waals surface area contributed by atoms with Crippen molar-refractivity contribution in [1.29, 1.82) is 0 Å². The van der Waals surface area contributed by atoms with E-state index in [1.165, 1.54) is 12.8 Å². The molecule has 2 rings (SSSR count). The number of hydrogen-bond acceptors (Lipinski definition) is 2. The smallest absolute Gasteiger partial charge is 0.0954 e. The van der Waals surface area contributed by atoms with E-state index in [-0.39, 0.29) is 6.04 Å². The summed E-state index contributed by atoms with van der Waals surface area (Å²) in [6.07, 6.45) is 2.89. The molecule has 1 aliphatic rings. The van der Waals surface area contributed by atoms with Crippen LogP contribution < -0.4 is 5.32 Å². The zero-order chi connectivity index (χ0) is 11.5. The van der Waals surface area contributed by atoms with Gasteiger partial charge in [0, 0.05) is 15.5 Å². The topological polar surface area (TPSA) is 32.3 Å². The van der Waals surface area contributed by atoms with Crippen LogP contribution in [0.2, 0.25) is 5.02 Å². The van der Waals surface area contributed by atoms with Crippen LogP contribution in [0.4, 0.5) is 0 Å². The number of aliphatic hydroxyl groups excluding tert-OH is 1. The molecule has 1 aromatic carbocycles. The van der Waals surface area contributed by atoms with Gasteiger partial charge in [0.15, 0.2) is 0 Å². The SMILES string of the molecule is OC(c1cc(Cl)ccc1Br)C1CCCCN1. The predicted octanol–water partition coefficient (Wildman–Crippen LogP) is 3.28. The molecule has 0 aromatic heterocycles. The van der Waals surface area contributed by atoms with Crippen molar-refractivity contribution in [2.45, 2.75) is 31.4 Å². The number of hydrogen-bond donors (Lipinski definition) is 2. The Hall–Kier alpha value is -0.0900. The van der Waals surface area contributed by atoms with Crippen LogP contribution in [0.1, 0.15) is 30.9 Å². The average molecular weight is 305 g/mol. The van der Waals surface area contributed by atoms with E-state index in [0.717, 1.165) is 23.0 Å². The van der Waals surface area contributed by atoms with Crippen molar-refractivity contribution >= 4 is 27.5 Å². The Labute approximate surface area is 109 Å². The van der Waals surface area contributed by atoms with Crippen molar-refractivity contribution < 1.29 is 5.11 Å². The van der Waals surface area contributed by atoms with E-state index in [2.05, 4.69) is 21.2 Å². The highest BCUT2D eigenvalue weighted by Gasteiger charge is 2.24. The Kier molecular flexibility index (Phi) is 4.25. The third-order valence-corrected chi connectivity index (χ3v) is 3.96. The molecule has 1 heterocycles. The van der Waals surface area contributed by atoms with Crippen LogP contribution in [0.5, 0.6) is 0 Å². The van der Waals surface area contributed by atoms with Gasteiger partial charge in [0.1, 0.15) is 0 Å². The van der Waals surface area contributed by atoms with Gasteiger partial charge in [0.05, 0.1) is 6.10 Å². The molecule has 16 heavy (non-hydrogen) atoms. The normalized spacial score (nSPS) is 23.1. The maximum atomic E-state index is 10.3. The first kappa shape index (κ1) is 12.4. The Morgan fingerprint density at radius 2 is 2.25 bits per heavy atom. The van der Waals surface area contributed by atoms with Gasteiger partial charge >= 0.3 is 0 Å². The molecule has 1 aromatic rings. The molecule has 2 N–H and O–H groups in total. The van der Waals surface area contributed by atoms with Crippen molar-refractivity contribution in [3.63, 3.8) is 0 Å². The summed E-state index contributed by atoms with van der Waals surface area (Å²) in [6, 6.07) is 5.66. The fourth-order valence-corrected chi connectivity index (χ4v) is 2.77. The van der Waals surface area contributed by atoms with Gasteiger partial charge in [-0.2, -0.15) is 0 Å². The van der Waals surface area contributed by atoms with Crippen molar-refractivity contribution in [2.24, 2.45) is 0 Å². The maximum Gasteiger partial charge on any atom is 0.0954 e. The highest BCUT2D eigenvalue weighted by atomic mass is 79.9. The van der Waals surface area contributed by atoms with Gasteiger partial charge < -0.3 is 10.4 Å². The monoisotopic (exact) mass is 303 g/mol. The number of benzene rings is 1. The Morgan fingerprint density at radius 3 is 2.94 bits per heavy atom. The first-order valence-electron chi connectivity index (χ1n) is 5.55. The van der Waals surface area contributed by atoms with Crippen LogP contribution in [0.25, 0.3) is 0 Å². The molecule has 1 fully saturated rings. The van der Waals surface area contributed by atoms with Crippen LogP contribution in [0.3, 0.4) is 0 Å². The summed E-state index contributed by atoms with van der Waals surface area (Å²) >= 11 is 9.40. The molecule has 88 valence electrons. The second-order valence-corrected chi connectivity index (χ2v) is 5.46. The number of nitrogens with one attached hydrogen (secondary N) is 1. The van der Waals surface area contributed by atoms with Crippen LogP contribution >= 0.6 is 27.5 Å². The van der Waals surface area contributed by atoms with Gasteiger partial charge in [-0.3, -0.25) is 0 Å². The van der Waals surface area contributed by atoms with Crippen LogP contribution in [0.15, 0.2) is 22.7 Å². The Morgan fingerprint density at radius 1 is 1.44 bits per heavy atom. The van der Waals surface area contributed by atoms with E-state index in [1.807, 2.05) is 18.2 Å². The summed E-state index contributed by atoms with van der Waals surface area (Å²) in [6.45, 7) is 0.986. The standard InChI is InChI=1S/C12H15BrClNO/c13-10-5-4-8(14)7-9(10)12(16)11-3-1-2-6-15-11/h4-5,7,11-12,15-16H,1-3,6H2. The average Bonchev–Trinajstić information content (AvgIpc) is 2.32.